The Kier molecular flexibility index (Phi) is 3.13. The highest BCUT2D eigenvalue weighted by atomic mass is 32.1. The van der Waals surface area contributed by atoms with Crippen LogP contribution in [0.15, 0.2) is 22.2 Å². The summed E-state index contributed by atoms with van der Waals surface area (Å²) >= 11 is 2.93. The molecule has 3 nitrogen and oxygen atoms in total. The van der Waals surface area contributed by atoms with Gasteiger partial charge in [-0.25, -0.2) is 9.78 Å². The first-order valence-electron chi connectivity index (χ1n) is 4.46. The number of esters is 1. The Balaban J connectivity index is 2.21. The zero-order chi connectivity index (χ0) is 10.7. The number of carbonyl (C=O) groups excluding carboxylic acids is 1. The maximum Gasteiger partial charge on any atom is 0.367 e. The molecule has 2 heterocycles. The summed E-state index contributed by atoms with van der Waals surface area (Å²) in [7, 11) is 0. The average molecular weight is 239 g/mol. The van der Waals surface area contributed by atoms with Crippen LogP contribution in [0.25, 0.3) is 11.3 Å². The van der Waals surface area contributed by atoms with Crippen molar-refractivity contribution in [3.05, 3.63) is 27.2 Å². The van der Waals surface area contributed by atoms with Gasteiger partial charge >= 0.3 is 5.97 Å². The van der Waals surface area contributed by atoms with E-state index in [0.29, 0.717) is 11.6 Å². The van der Waals surface area contributed by atoms with Crippen molar-refractivity contribution in [2.75, 3.05) is 6.61 Å². The molecule has 2 aromatic rings. The highest BCUT2D eigenvalue weighted by Crippen LogP contribution is 2.24. The third kappa shape index (κ3) is 2.24. The number of carbonyl (C=O) groups is 1. The fourth-order valence-electron chi connectivity index (χ4n) is 1.10. The monoisotopic (exact) mass is 239 g/mol. The van der Waals surface area contributed by atoms with Gasteiger partial charge in [-0.15, -0.1) is 11.3 Å². The van der Waals surface area contributed by atoms with Crippen molar-refractivity contribution in [2.45, 2.75) is 6.92 Å². The van der Waals surface area contributed by atoms with Gasteiger partial charge in [-0.2, -0.15) is 11.3 Å². The van der Waals surface area contributed by atoms with Gasteiger partial charge in [-0.05, 0) is 18.4 Å². The summed E-state index contributed by atoms with van der Waals surface area (Å²) in [6.07, 6.45) is 0. The predicted octanol–water partition coefficient (Wildman–Crippen LogP) is 3.05. The van der Waals surface area contributed by atoms with Crippen LogP contribution in [0.3, 0.4) is 0 Å². The van der Waals surface area contributed by atoms with Gasteiger partial charge < -0.3 is 4.74 Å². The molecule has 0 unspecified atom stereocenters. The van der Waals surface area contributed by atoms with E-state index >= 15 is 0 Å². The molecule has 0 N–H and O–H groups in total. The molecule has 78 valence electrons. The van der Waals surface area contributed by atoms with Crippen LogP contribution in [-0.2, 0) is 4.74 Å². The SMILES string of the molecule is CCOC(=O)c1nc(-c2ccsc2)cs1. The molecular weight excluding hydrogens is 230 g/mol. The van der Waals surface area contributed by atoms with E-state index in [1.54, 1.807) is 18.3 Å². The fourth-order valence-corrected chi connectivity index (χ4v) is 2.47. The van der Waals surface area contributed by atoms with Gasteiger partial charge in [0.1, 0.15) is 0 Å². The molecule has 0 amide bonds. The van der Waals surface area contributed by atoms with Crippen LogP contribution >= 0.6 is 22.7 Å². The summed E-state index contributed by atoms with van der Waals surface area (Å²) < 4.78 is 4.87. The Labute approximate surface area is 95.4 Å². The van der Waals surface area contributed by atoms with E-state index in [9.17, 15) is 4.79 Å². The summed E-state index contributed by atoms with van der Waals surface area (Å²) in [5.74, 6) is -0.344. The molecule has 0 saturated carbocycles. The Morgan fingerprint density at radius 3 is 3.07 bits per heavy atom. The quantitative estimate of drug-likeness (QED) is 0.773. The molecule has 0 atom stereocenters. The highest BCUT2D eigenvalue weighted by molar-refractivity contribution is 7.12. The van der Waals surface area contributed by atoms with Crippen LogP contribution in [-0.4, -0.2) is 17.6 Å². The van der Waals surface area contributed by atoms with E-state index < -0.39 is 0 Å². The zero-order valence-electron chi connectivity index (χ0n) is 8.10. The number of hydrogen-bond donors (Lipinski definition) is 0. The standard InChI is InChI=1S/C10H9NO2S2/c1-2-13-10(12)9-11-8(6-15-9)7-3-4-14-5-7/h3-6H,2H2,1H3. The summed E-state index contributed by atoms with van der Waals surface area (Å²) in [4.78, 5) is 15.6. The van der Waals surface area contributed by atoms with E-state index in [1.807, 2.05) is 22.2 Å². The summed E-state index contributed by atoms with van der Waals surface area (Å²) in [5, 5.41) is 6.27. The van der Waals surface area contributed by atoms with Crippen LogP contribution < -0.4 is 0 Å². The lowest BCUT2D eigenvalue weighted by Gasteiger charge is -1.95. The molecule has 0 aliphatic heterocycles. The Morgan fingerprint density at radius 1 is 1.53 bits per heavy atom. The molecule has 0 aliphatic carbocycles. The minimum Gasteiger partial charge on any atom is -0.461 e. The second-order valence-electron chi connectivity index (χ2n) is 2.77. The van der Waals surface area contributed by atoms with Crippen LogP contribution in [0, 0.1) is 0 Å². The fraction of sp³-hybridized carbons (Fsp3) is 0.200. The van der Waals surface area contributed by atoms with E-state index in [2.05, 4.69) is 4.98 Å². The molecule has 2 aromatic heterocycles. The molecule has 0 fully saturated rings. The predicted molar refractivity (Wildman–Crippen MR) is 61.4 cm³/mol. The molecule has 5 heteroatoms. The number of nitrogens with zero attached hydrogens (tertiary/aromatic N) is 1. The molecule has 0 saturated heterocycles. The van der Waals surface area contributed by atoms with E-state index in [0.717, 1.165) is 11.3 Å². The Hall–Kier alpha value is -1.20. The van der Waals surface area contributed by atoms with Crippen molar-refractivity contribution >= 4 is 28.6 Å². The number of ether oxygens (including phenoxy) is 1. The smallest absolute Gasteiger partial charge is 0.367 e. The number of rotatable bonds is 3. The van der Waals surface area contributed by atoms with Crippen molar-refractivity contribution in [1.29, 1.82) is 0 Å². The van der Waals surface area contributed by atoms with Gasteiger partial charge in [0, 0.05) is 16.3 Å². The molecular formula is C10H9NO2S2. The molecule has 0 aromatic carbocycles. The average Bonchev–Trinajstić information content (AvgIpc) is 2.89. The van der Waals surface area contributed by atoms with Gasteiger partial charge in [0.05, 0.1) is 12.3 Å². The molecule has 0 bridgehead atoms. The minimum absolute atomic E-state index is 0.344. The van der Waals surface area contributed by atoms with E-state index in [-0.39, 0.29) is 5.97 Å². The zero-order valence-corrected chi connectivity index (χ0v) is 9.73. The first-order chi connectivity index (χ1) is 7.31. The van der Waals surface area contributed by atoms with Crippen molar-refractivity contribution in [3.8, 4) is 11.3 Å². The number of aromatic nitrogens is 1. The van der Waals surface area contributed by atoms with Crippen molar-refractivity contribution < 1.29 is 9.53 Å². The topological polar surface area (TPSA) is 39.2 Å². The third-order valence-electron chi connectivity index (χ3n) is 1.77. The van der Waals surface area contributed by atoms with E-state index in [4.69, 9.17) is 4.74 Å². The maximum absolute atomic E-state index is 11.4. The van der Waals surface area contributed by atoms with Crippen LogP contribution in [0.2, 0.25) is 0 Å². The van der Waals surface area contributed by atoms with Crippen molar-refractivity contribution in [2.24, 2.45) is 0 Å². The molecule has 0 aliphatic rings. The summed E-state index contributed by atoms with van der Waals surface area (Å²) in [6, 6.07) is 1.98. The van der Waals surface area contributed by atoms with Crippen molar-refractivity contribution in [1.82, 2.24) is 4.98 Å². The maximum atomic E-state index is 11.4. The second-order valence-corrected chi connectivity index (χ2v) is 4.41. The van der Waals surface area contributed by atoms with Crippen LogP contribution in [0.1, 0.15) is 16.7 Å². The van der Waals surface area contributed by atoms with Gasteiger partial charge in [-0.1, -0.05) is 0 Å². The van der Waals surface area contributed by atoms with E-state index in [1.165, 1.54) is 11.3 Å². The Morgan fingerprint density at radius 2 is 2.40 bits per heavy atom. The van der Waals surface area contributed by atoms with Gasteiger partial charge in [0.15, 0.2) is 0 Å². The molecule has 2 rings (SSSR count). The summed E-state index contributed by atoms with van der Waals surface area (Å²) in [6.45, 7) is 2.16. The second kappa shape index (κ2) is 4.55. The molecule has 0 spiro atoms. The van der Waals surface area contributed by atoms with Crippen LogP contribution in [0.4, 0.5) is 0 Å². The molecule has 15 heavy (non-hydrogen) atoms. The first-order valence-corrected chi connectivity index (χ1v) is 6.28. The summed E-state index contributed by atoms with van der Waals surface area (Å²) in [5.41, 5.74) is 1.89. The normalized spacial score (nSPS) is 10.2. The lowest BCUT2D eigenvalue weighted by atomic mass is 10.3. The minimum atomic E-state index is -0.344. The number of thiazole rings is 1. The highest BCUT2D eigenvalue weighted by Gasteiger charge is 2.12. The molecule has 0 radical (unpaired) electrons. The number of thiophene rings is 1. The first kappa shape index (κ1) is 10.3. The number of hydrogen-bond acceptors (Lipinski definition) is 5. The largest absolute Gasteiger partial charge is 0.461 e. The Bertz CT molecular complexity index is 448. The van der Waals surface area contributed by atoms with Gasteiger partial charge in [0.2, 0.25) is 5.01 Å². The lowest BCUT2D eigenvalue weighted by molar-refractivity contribution is 0.0526. The van der Waals surface area contributed by atoms with Crippen molar-refractivity contribution in [3.63, 3.8) is 0 Å². The third-order valence-corrected chi connectivity index (χ3v) is 3.28. The van der Waals surface area contributed by atoms with Crippen LogP contribution in [0.5, 0.6) is 0 Å². The van der Waals surface area contributed by atoms with Gasteiger partial charge in [-0.3, -0.25) is 0 Å². The lowest BCUT2D eigenvalue weighted by Crippen LogP contribution is -2.03. The van der Waals surface area contributed by atoms with Gasteiger partial charge in [0.25, 0.3) is 0 Å².